The van der Waals surface area contributed by atoms with Crippen LogP contribution in [0.3, 0.4) is 0 Å². The van der Waals surface area contributed by atoms with Crippen molar-refractivity contribution in [2.24, 2.45) is 0 Å². The lowest BCUT2D eigenvalue weighted by molar-refractivity contribution is 1.31. The van der Waals surface area contributed by atoms with Crippen LogP contribution >= 0.6 is 27.5 Å². The summed E-state index contributed by atoms with van der Waals surface area (Å²) in [7, 11) is 0. The highest BCUT2D eigenvalue weighted by Crippen LogP contribution is 2.30. The lowest BCUT2D eigenvalue weighted by atomic mass is 10.1. The first kappa shape index (κ1) is 9.69. The van der Waals surface area contributed by atoms with Crippen molar-refractivity contribution in [1.29, 1.82) is 0 Å². The molecule has 0 aliphatic carbocycles. The normalized spacial score (nSPS) is 10.1. The Kier molecular flexibility index (Phi) is 2.85. The first-order valence-electron chi connectivity index (χ1n) is 4.06. The monoisotopic (exact) mass is 266 g/mol. The van der Waals surface area contributed by atoms with Gasteiger partial charge in [-0.1, -0.05) is 29.8 Å². The van der Waals surface area contributed by atoms with E-state index in [4.69, 9.17) is 11.6 Å². The van der Waals surface area contributed by atoms with Gasteiger partial charge in [0.2, 0.25) is 0 Å². The molecule has 1 aromatic carbocycles. The van der Waals surface area contributed by atoms with Crippen LogP contribution in [0.4, 0.5) is 0 Å². The average Bonchev–Trinajstić information content (AvgIpc) is 2.20. The summed E-state index contributed by atoms with van der Waals surface area (Å²) < 4.78 is 0.932. The highest BCUT2D eigenvalue weighted by molar-refractivity contribution is 9.10. The van der Waals surface area contributed by atoms with Crippen LogP contribution in [0.1, 0.15) is 0 Å². The summed E-state index contributed by atoms with van der Waals surface area (Å²) in [5.74, 6) is 0. The van der Waals surface area contributed by atoms with Crippen molar-refractivity contribution < 1.29 is 0 Å². The molecule has 1 nitrogen and oxygen atoms in total. The molecule has 0 bridgehead atoms. The van der Waals surface area contributed by atoms with Crippen molar-refractivity contribution in [2.45, 2.75) is 0 Å². The lowest BCUT2D eigenvalue weighted by Gasteiger charge is -2.04. The van der Waals surface area contributed by atoms with Gasteiger partial charge >= 0.3 is 0 Å². The standard InChI is InChI=1S/C11H6BrClN/c12-9-5-3-7-14-11(9)8-4-1-2-6-10(8)13/h1-5,7H. The van der Waals surface area contributed by atoms with Crippen molar-refractivity contribution in [3.8, 4) is 11.3 Å². The molecule has 0 aliphatic rings. The average molecular weight is 268 g/mol. The molecule has 3 heteroatoms. The molecule has 0 aliphatic heterocycles. The van der Waals surface area contributed by atoms with Gasteiger partial charge in [-0.15, -0.1) is 0 Å². The molecule has 2 rings (SSSR count). The van der Waals surface area contributed by atoms with Gasteiger partial charge in [-0.2, -0.15) is 0 Å². The van der Waals surface area contributed by atoms with Crippen molar-refractivity contribution in [3.63, 3.8) is 0 Å². The van der Waals surface area contributed by atoms with Crippen LogP contribution in [0, 0.1) is 6.07 Å². The Morgan fingerprint density at radius 3 is 2.86 bits per heavy atom. The first-order chi connectivity index (χ1) is 6.79. The Labute approximate surface area is 95.9 Å². The molecular formula is C11H6BrClN. The molecule has 0 atom stereocenters. The summed E-state index contributed by atoms with van der Waals surface area (Å²) >= 11 is 9.45. The number of benzene rings is 1. The van der Waals surface area contributed by atoms with E-state index in [-0.39, 0.29) is 0 Å². The molecule has 0 unspecified atom stereocenters. The van der Waals surface area contributed by atoms with Crippen molar-refractivity contribution in [3.05, 3.63) is 52.1 Å². The maximum absolute atomic E-state index is 6.01. The summed E-state index contributed by atoms with van der Waals surface area (Å²) in [4.78, 5) is 4.26. The van der Waals surface area contributed by atoms with E-state index in [1.165, 1.54) is 0 Å². The third-order valence-electron chi connectivity index (χ3n) is 1.82. The van der Waals surface area contributed by atoms with Gasteiger partial charge in [-0.3, -0.25) is 4.98 Å². The van der Waals surface area contributed by atoms with E-state index >= 15 is 0 Å². The van der Waals surface area contributed by atoms with Gasteiger partial charge in [-0.05, 0) is 28.1 Å². The topological polar surface area (TPSA) is 12.9 Å². The van der Waals surface area contributed by atoms with Gasteiger partial charge < -0.3 is 0 Å². The summed E-state index contributed by atoms with van der Waals surface area (Å²) in [5, 5.41) is 0.590. The maximum atomic E-state index is 6.01. The van der Waals surface area contributed by atoms with E-state index in [2.05, 4.69) is 27.0 Å². The second-order valence-electron chi connectivity index (χ2n) is 2.73. The Hall–Kier alpha value is -0.860. The van der Waals surface area contributed by atoms with E-state index in [1.54, 1.807) is 12.3 Å². The van der Waals surface area contributed by atoms with Crippen LogP contribution in [-0.2, 0) is 0 Å². The fraction of sp³-hybridized carbons (Fsp3) is 0. The molecule has 1 radical (unpaired) electrons. The van der Waals surface area contributed by atoms with Crippen LogP contribution in [0.5, 0.6) is 0 Å². The number of hydrogen-bond donors (Lipinski definition) is 0. The highest BCUT2D eigenvalue weighted by Gasteiger charge is 2.06. The molecular weight excluding hydrogens is 261 g/mol. The predicted molar refractivity (Wildman–Crippen MR) is 61.2 cm³/mol. The van der Waals surface area contributed by atoms with Gasteiger partial charge in [0.05, 0.1) is 10.7 Å². The molecule has 1 heterocycles. The minimum absolute atomic E-state index is 0.590. The lowest BCUT2D eigenvalue weighted by Crippen LogP contribution is -1.85. The molecule has 69 valence electrons. The highest BCUT2D eigenvalue weighted by atomic mass is 79.9. The van der Waals surface area contributed by atoms with Crippen molar-refractivity contribution in [2.75, 3.05) is 0 Å². The Bertz CT molecular complexity index is 413. The third kappa shape index (κ3) is 1.81. The Morgan fingerprint density at radius 1 is 1.29 bits per heavy atom. The van der Waals surface area contributed by atoms with E-state index < -0.39 is 0 Å². The molecule has 0 spiro atoms. The summed E-state index contributed by atoms with van der Waals surface area (Å²) in [6.07, 6.45) is 1.74. The smallest absolute Gasteiger partial charge is 0.0859 e. The zero-order valence-electron chi connectivity index (χ0n) is 7.17. The second-order valence-corrected chi connectivity index (χ2v) is 3.96. The van der Waals surface area contributed by atoms with Gasteiger partial charge in [0, 0.05) is 22.3 Å². The second kappa shape index (κ2) is 4.11. The van der Waals surface area contributed by atoms with E-state index in [0.29, 0.717) is 5.02 Å². The zero-order chi connectivity index (χ0) is 9.97. The molecule has 0 N–H and O–H groups in total. The third-order valence-corrected chi connectivity index (χ3v) is 2.77. The fourth-order valence-corrected chi connectivity index (χ4v) is 1.87. The number of hydrogen-bond acceptors (Lipinski definition) is 1. The summed E-state index contributed by atoms with van der Waals surface area (Å²) in [6.45, 7) is 0. The first-order valence-corrected chi connectivity index (χ1v) is 5.23. The fourth-order valence-electron chi connectivity index (χ4n) is 1.18. The van der Waals surface area contributed by atoms with Crippen LogP contribution in [0.2, 0.25) is 5.02 Å². The number of nitrogens with zero attached hydrogens (tertiary/aromatic N) is 1. The quantitative estimate of drug-likeness (QED) is 0.762. The van der Waals surface area contributed by atoms with Gasteiger partial charge in [0.1, 0.15) is 0 Å². The Morgan fingerprint density at radius 2 is 2.14 bits per heavy atom. The van der Waals surface area contributed by atoms with Crippen LogP contribution < -0.4 is 0 Å². The largest absolute Gasteiger partial charge is 0.255 e. The Balaban J connectivity index is 2.61. The number of halogens is 2. The van der Waals surface area contributed by atoms with Crippen molar-refractivity contribution in [1.82, 2.24) is 4.98 Å². The molecule has 0 saturated heterocycles. The van der Waals surface area contributed by atoms with E-state index in [1.807, 2.05) is 24.3 Å². The summed E-state index contributed by atoms with van der Waals surface area (Å²) in [5.41, 5.74) is 1.73. The SMILES string of the molecule is Clc1[c]cccc1-c1ncccc1Br. The number of aromatic nitrogens is 1. The maximum Gasteiger partial charge on any atom is 0.0859 e. The predicted octanol–water partition coefficient (Wildman–Crippen LogP) is 3.96. The molecule has 1 aromatic heterocycles. The molecule has 2 aromatic rings. The molecule has 14 heavy (non-hydrogen) atoms. The molecule has 0 fully saturated rings. The van der Waals surface area contributed by atoms with Crippen LogP contribution in [0.25, 0.3) is 11.3 Å². The minimum Gasteiger partial charge on any atom is -0.255 e. The van der Waals surface area contributed by atoms with E-state index in [0.717, 1.165) is 15.7 Å². The van der Waals surface area contributed by atoms with Crippen LogP contribution in [0.15, 0.2) is 41.0 Å². The van der Waals surface area contributed by atoms with Gasteiger partial charge in [0.25, 0.3) is 0 Å². The van der Waals surface area contributed by atoms with Gasteiger partial charge in [-0.25, -0.2) is 0 Å². The minimum atomic E-state index is 0.590. The van der Waals surface area contributed by atoms with E-state index in [9.17, 15) is 0 Å². The van der Waals surface area contributed by atoms with Gasteiger partial charge in [0.15, 0.2) is 0 Å². The molecule has 0 amide bonds. The van der Waals surface area contributed by atoms with Crippen LogP contribution in [-0.4, -0.2) is 4.98 Å². The molecule has 0 saturated carbocycles. The zero-order valence-corrected chi connectivity index (χ0v) is 9.51. The van der Waals surface area contributed by atoms with Crippen molar-refractivity contribution >= 4 is 27.5 Å². The number of rotatable bonds is 1. The summed E-state index contributed by atoms with van der Waals surface area (Å²) in [6, 6.07) is 12.3. The number of pyridine rings is 1.